The Morgan fingerprint density at radius 2 is 1.12 bits per heavy atom. The molecule has 0 heterocycles. The van der Waals surface area contributed by atoms with Gasteiger partial charge in [0.1, 0.15) is 19.3 Å². The maximum absolute atomic E-state index is 12.5. The number of hydrogen-bond donors (Lipinski definition) is 1. The molecule has 0 radical (unpaired) electrons. The molecule has 0 fully saturated rings. The fourth-order valence-corrected chi connectivity index (χ4v) is 5.25. The molecule has 48 heavy (non-hydrogen) atoms. The van der Waals surface area contributed by atoms with Crippen LogP contribution in [0.2, 0.25) is 0 Å². The molecule has 0 saturated carbocycles. The van der Waals surface area contributed by atoms with Gasteiger partial charge in [0, 0.05) is 6.61 Å². The van der Waals surface area contributed by atoms with Crippen LogP contribution in [0.15, 0.2) is 60.8 Å². The van der Waals surface area contributed by atoms with Crippen LogP contribution in [0, 0.1) is 0 Å². The van der Waals surface area contributed by atoms with Crippen LogP contribution in [0.25, 0.3) is 0 Å². The average molecular weight is 697 g/mol. The number of likely N-dealkylation sites (N-methyl/N-ethyl adjacent to an activating group) is 1. The van der Waals surface area contributed by atoms with Gasteiger partial charge in [0.15, 0.2) is 0 Å². The summed E-state index contributed by atoms with van der Waals surface area (Å²) in [6.07, 6.45) is 38.5. The summed E-state index contributed by atoms with van der Waals surface area (Å²) in [5.41, 5.74) is 0. The van der Waals surface area contributed by atoms with Crippen molar-refractivity contribution in [1.29, 1.82) is 0 Å². The number of carbonyl (C=O) groups excluding carboxylic acids is 1. The molecule has 0 aromatic heterocycles. The largest absolute Gasteiger partial charge is 0.472 e. The molecule has 0 aliphatic heterocycles. The van der Waals surface area contributed by atoms with Crippen LogP contribution in [0.4, 0.5) is 0 Å². The lowest BCUT2D eigenvalue weighted by Crippen LogP contribution is -2.37. The minimum Gasteiger partial charge on any atom is -0.457 e. The second-order valence-electron chi connectivity index (χ2n) is 13.2. The minimum absolute atomic E-state index is 0.0706. The van der Waals surface area contributed by atoms with Gasteiger partial charge in [0.25, 0.3) is 0 Å². The van der Waals surface area contributed by atoms with Crippen LogP contribution in [0.3, 0.4) is 0 Å². The number of carbonyl (C=O) groups is 1. The highest BCUT2D eigenvalue weighted by atomic mass is 31.2. The lowest BCUT2D eigenvalue weighted by Gasteiger charge is -2.24. The first-order valence-corrected chi connectivity index (χ1v) is 20.0. The number of hydrogen-bond acceptors (Lipinski definition) is 6. The van der Waals surface area contributed by atoms with E-state index < -0.39 is 19.9 Å². The van der Waals surface area contributed by atoms with Gasteiger partial charge in [0.2, 0.25) is 0 Å². The van der Waals surface area contributed by atoms with Crippen molar-refractivity contribution in [2.24, 2.45) is 0 Å². The Balaban J connectivity index is 4.49. The van der Waals surface area contributed by atoms with Crippen molar-refractivity contribution >= 4 is 13.8 Å². The van der Waals surface area contributed by atoms with E-state index in [1.165, 1.54) is 57.8 Å². The summed E-state index contributed by atoms with van der Waals surface area (Å²) in [4.78, 5) is 22.7. The summed E-state index contributed by atoms with van der Waals surface area (Å²) in [6, 6.07) is 0. The highest BCUT2D eigenvalue weighted by Gasteiger charge is 2.26. The van der Waals surface area contributed by atoms with Gasteiger partial charge in [-0.25, -0.2) is 4.57 Å². The molecule has 0 aromatic rings. The van der Waals surface area contributed by atoms with Crippen LogP contribution in [0.1, 0.15) is 123 Å². The first kappa shape index (κ1) is 46.2. The molecule has 2 unspecified atom stereocenters. The molecule has 278 valence electrons. The Morgan fingerprint density at radius 3 is 1.62 bits per heavy atom. The highest BCUT2D eigenvalue weighted by Crippen LogP contribution is 2.43. The molecule has 0 saturated heterocycles. The van der Waals surface area contributed by atoms with Gasteiger partial charge in [-0.05, 0) is 38.5 Å². The molecular weight excluding hydrogens is 625 g/mol. The Bertz CT molecular complexity index is 952. The number of quaternary nitrogens is 1. The van der Waals surface area contributed by atoms with E-state index in [1.54, 1.807) is 6.08 Å². The third-order valence-corrected chi connectivity index (χ3v) is 8.36. The van der Waals surface area contributed by atoms with Gasteiger partial charge in [-0.15, -0.1) is 0 Å². The van der Waals surface area contributed by atoms with E-state index in [0.717, 1.165) is 44.9 Å². The van der Waals surface area contributed by atoms with Crippen molar-refractivity contribution in [3.05, 3.63) is 60.8 Å². The summed E-state index contributed by atoms with van der Waals surface area (Å²) in [6.45, 7) is 5.34. The minimum atomic E-state index is -4.29. The fourth-order valence-electron chi connectivity index (χ4n) is 4.51. The monoisotopic (exact) mass is 696 g/mol. The summed E-state index contributed by atoms with van der Waals surface area (Å²) < 4.78 is 34.6. The molecule has 1 N–H and O–H groups in total. The maximum atomic E-state index is 12.5. The van der Waals surface area contributed by atoms with Crippen LogP contribution < -0.4 is 0 Å². The van der Waals surface area contributed by atoms with Crippen molar-refractivity contribution in [1.82, 2.24) is 0 Å². The van der Waals surface area contributed by atoms with E-state index in [-0.39, 0.29) is 26.2 Å². The van der Waals surface area contributed by atoms with Crippen molar-refractivity contribution in [3.8, 4) is 0 Å². The number of phosphoric ester groups is 1. The van der Waals surface area contributed by atoms with Crippen LogP contribution >= 0.6 is 7.82 Å². The van der Waals surface area contributed by atoms with Gasteiger partial charge in [-0.3, -0.25) is 13.8 Å². The van der Waals surface area contributed by atoms with E-state index in [4.69, 9.17) is 18.5 Å². The number of allylic oxidation sites excluding steroid dienone is 9. The first-order valence-electron chi connectivity index (χ1n) is 18.5. The zero-order valence-electron chi connectivity index (χ0n) is 31.2. The van der Waals surface area contributed by atoms with Gasteiger partial charge in [-0.2, -0.15) is 0 Å². The number of unbranched alkanes of at least 4 members (excludes halogenated alkanes) is 10. The van der Waals surface area contributed by atoms with Crippen molar-refractivity contribution in [3.63, 3.8) is 0 Å². The SMILES string of the molecule is CC/C=C\C/C=C\C/C=C\C/C=C\C/C=C\CC(=O)OC(COCCCCCCCCCCCCC)COP(=O)(O)OCC[N+](C)(C)C. The normalized spacial score (nSPS) is 14.7. The quantitative estimate of drug-likeness (QED) is 0.0240. The zero-order valence-corrected chi connectivity index (χ0v) is 32.1. The molecule has 0 rings (SSSR count). The molecule has 8 nitrogen and oxygen atoms in total. The molecule has 0 aliphatic rings. The zero-order chi connectivity index (χ0) is 35.6. The average Bonchev–Trinajstić information content (AvgIpc) is 3.03. The lowest BCUT2D eigenvalue weighted by molar-refractivity contribution is -0.870. The van der Waals surface area contributed by atoms with Gasteiger partial charge < -0.3 is 18.9 Å². The van der Waals surface area contributed by atoms with Gasteiger partial charge in [0.05, 0.1) is 40.8 Å². The second-order valence-corrected chi connectivity index (χ2v) is 14.7. The molecule has 0 bridgehead atoms. The number of rotatable bonds is 33. The van der Waals surface area contributed by atoms with E-state index in [1.807, 2.05) is 27.2 Å². The summed E-state index contributed by atoms with van der Waals surface area (Å²) in [5, 5.41) is 0. The predicted molar refractivity (Wildman–Crippen MR) is 201 cm³/mol. The molecule has 9 heteroatoms. The molecule has 2 atom stereocenters. The van der Waals surface area contributed by atoms with Crippen LogP contribution in [-0.4, -0.2) is 75.6 Å². The van der Waals surface area contributed by atoms with Gasteiger partial charge >= 0.3 is 13.8 Å². The molecule has 0 spiro atoms. The summed E-state index contributed by atoms with van der Waals surface area (Å²) in [5.74, 6) is -0.443. The Labute approximate surface area is 294 Å². The fraction of sp³-hybridized carbons (Fsp3) is 0.718. The number of ether oxygens (including phenoxy) is 2. The first-order chi connectivity index (χ1) is 23.1. The van der Waals surface area contributed by atoms with Crippen LogP contribution in [0.5, 0.6) is 0 Å². The van der Waals surface area contributed by atoms with Crippen molar-refractivity contribution in [2.75, 3.05) is 54.1 Å². The third-order valence-electron chi connectivity index (χ3n) is 7.38. The van der Waals surface area contributed by atoms with E-state index in [0.29, 0.717) is 17.6 Å². The Morgan fingerprint density at radius 1 is 0.646 bits per heavy atom. The number of phosphoric acid groups is 1. The Hall–Kier alpha value is -1.80. The second kappa shape index (κ2) is 32.4. The van der Waals surface area contributed by atoms with E-state index in [2.05, 4.69) is 62.5 Å². The van der Waals surface area contributed by atoms with Crippen LogP contribution in [-0.2, 0) is 27.9 Å². The lowest BCUT2D eigenvalue weighted by atomic mass is 10.1. The molecular formula is C39H71NO7P+. The van der Waals surface area contributed by atoms with Gasteiger partial charge in [-0.1, -0.05) is 139 Å². The highest BCUT2D eigenvalue weighted by molar-refractivity contribution is 7.47. The summed E-state index contributed by atoms with van der Waals surface area (Å²) >= 11 is 0. The molecule has 0 amide bonds. The molecule has 0 aromatic carbocycles. The predicted octanol–water partition coefficient (Wildman–Crippen LogP) is 10.2. The van der Waals surface area contributed by atoms with E-state index >= 15 is 0 Å². The third kappa shape index (κ3) is 35.5. The Kier molecular flexibility index (Phi) is 31.2. The smallest absolute Gasteiger partial charge is 0.457 e. The molecule has 0 aliphatic carbocycles. The van der Waals surface area contributed by atoms with Crippen molar-refractivity contribution < 1.29 is 37.3 Å². The van der Waals surface area contributed by atoms with Crippen molar-refractivity contribution in [2.45, 2.75) is 129 Å². The standard InChI is InChI=1S/C39H70NO7P/c1-6-8-10-12-14-16-18-19-20-21-22-24-26-28-30-32-39(41)47-38(37-46-48(42,43)45-35-33-40(3,4)5)36-44-34-31-29-27-25-23-17-15-13-11-9-7-2/h8,10,14,16,19-20,22,24,28,30,38H,6-7,9,11-13,15,17-18,21,23,25-27,29,31-37H2,1-5H3/p+1/b10-8-,16-14-,20-19-,24-22-,30-28-. The number of esters is 1. The van der Waals surface area contributed by atoms with E-state index in [9.17, 15) is 14.3 Å². The number of nitrogens with zero attached hydrogens (tertiary/aromatic N) is 1. The summed E-state index contributed by atoms with van der Waals surface area (Å²) in [7, 11) is 1.60. The maximum Gasteiger partial charge on any atom is 0.472 e. The topological polar surface area (TPSA) is 91.3 Å².